The summed E-state index contributed by atoms with van der Waals surface area (Å²) < 4.78 is 0. The highest BCUT2D eigenvalue weighted by molar-refractivity contribution is 5.76. The number of hydrogen-bond donors (Lipinski definition) is 1. The minimum Gasteiger partial charge on any atom is -0.365 e. The van der Waals surface area contributed by atoms with Gasteiger partial charge in [-0.05, 0) is 31.9 Å². The number of anilines is 1. The molecule has 0 fully saturated rings. The van der Waals surface area contributed by atoms with Crippen LogP contribution in [0.3, 0.4) is 0 Å². The molecule has 0 radical (unpaired) electrons. The van der Waals surface area contributed by atoms with Crippen LogP contribution >= 0.6 is 0 Å². The van der Waals surface area contributed by atoms with Gasteiger partial charge in [0.1, 0.15) is 5.82 Å². The van der Waals surface area contributed by atoms with Crippen molar-refractivity contribution in [3.05, 3.63) is 42.1 Å². The van der Waals surface area contributed by atoms with E-state index in [-0.39, 0.29) is 0 Å². The highest BCUT2D eigenvalue weighted by Crippen LogP contribution is 2.20. The largest absolute Gasteiger partial charge is 0.365 e. The summed E-state index contributed by atoms with van der Waals surface area (Å²) in [6.07, 6.45) is 6.57. The van der Waals surface area contributed by atoms with E-state index in [0.717, 1.165) is 35.4 Å². The highest BCUT2D eigenvalue weighted by atomic mass is 15.0. The number of nitrogens with one attached hydrogen (secondary N) is 1. The van der Waals surface area contributed by atoms with Crippen molar-refractivity contribution in [3.8, 4) is 0 Å². The van der Waals surface area contributed by atoms with Crippen LogP contribution in [-0.2, 0) is 0 Å². The molecule has 0 saturated carbocycles. The Morgan fingerprint density at radius 3 is 2.41 bits per heavy atom. The van der Waals surface area contributed by atoms with Gasteiger partial charge in [-0.25, -0.2) is 9.97 Å². The van der Waals surface area contributed by atoms with E-state index in [1.807, 2.05) is 31.2 Å². The van der Waals surface area contributed by atoms with Gasteiger partial charge in [-0.1, -0.05) is 24.3 Å². The number of hydrogen-bond acceptors (Lipinski definition) is 3. The summed E-state index contributed by atoms with van der Waals surface area (Å²) in [6, 6.07) is 8.46. The molecule has 17 heavy (non-hydrogen) atoms. The number of aryl methyl sites for hydroxylation is 1. The van der Waals surface area contributed by atoms with Crippen molar-refractivity contribution in [3.63, 3.8) is 0 Å². The molecule has 3 heteroatoms. The first-order valence-corrected chi connectivity index (χ1v) is 5.98. The minimum atomic E-state index is 0.476. The SMILES string of the molecule is Cc1nc2ccccc2nc1NC1CC=CC1. The molecule has 0 amide bonds. The van der Waals surface area contributed by atoms with Crippen LogP contribution in [0.4, 0.5) is 5.82 Å². The van der Waals surface area contributed by atoms with E-state index >= 15 is 0 Å². The number of para-hydroxylation sites is 2. The third-order valence-electron chi connectivity index (χ3n) is 3.09. The zero-order chi connectivity index (χ0) is 11.7. The Kier molecular flexibility index (Phi) is 2.52. The van der Waals surface area contributed by atoms with Crippen LogP contribution in [0.5, 0.6) is 0 Å². The fraction of sp³-hybridized carbons (Fsp3) is 0.286. The summed E-state index contributed by atoms with van der Waals surface area (Å²) in [5.74, 6) is 0.914. The molecule has 0 bridgehead atoms. The summed E-state index contributed by atoms with van der Waals surface area (Å²) >= 11 is 0. The number of nitrogens with zero attached hydrogens (tertiary/aromatic N) is 2. The second kappa shape index (κ2) is 4.17. The monoisotopic (exact) mass is 225 g/mol. The van der Waals surface area contributed by atoms with Gasteiger partial charge in [-0.3, -0.25) is 0 Å². The first kappa shape index (κ1) is 10.3. The second-order valence-corrected chi connectivity index (χ2v) is 4.43. The molecule has 0 atom stereocenters. The smallest absolute Gasteiger partial charge is 0.148 e. The molecule has 1 aliphatic rings. The van der Waals surface area contributed by atoms with Gasteiger partial charge < -0.3 is 5.32 Å². The Balaban J connectivity index is 1.95. The fourth-order valence-corrected chi connectivity index (χ4v) is 2.15. The maximum atomic E-state index is 4.64. The van der Waals surface area contributed by atoms with Gasteiger partial charge >= 0.3 is 0 Å². The van der Waals surface area contributed by atoms with Crippen molar-refractivity contribution in [2.24, 2.45) is 0 Å². The summed E-state index contributed by atoms with van der Waals surface area (Å²) in [7, 11) is 0. The molecule has 1 aliphatic carbocycles. The predicted molar refractivity (Wildman–Crippen MR) is 70.1 cm³/mol. The fourth-order valence-electron chi connectivity index (χ4n) is 2.15. The summed E-state index contributed by atoms with van der Waals surface area (Å²) in [5.41, 5.74) is 2.88. The van der Waals surface area contributed by atoms with Crippen molar-refractivity contribution < 1.29 is 0 Å². The molecule has 86 valence electrons. The number of rotatable bonds is 2. The molecule has 1 N–H and O–H groups in total. The van der Waals surface area contributed by atoms with E-state index in [2.05, 4.69) is 27.4 Å². The molecule has 1 heterocycles. The lowest BCUT2D eigenvalue weighted by Crippen LogP contribution is -2.17. The molecule has 3 nitrogen and oxygen atoms in total. The van der Waals surface area contributed by atoms with Crippen LogP contribution in [0.2, 0.25) is 0 Å². The van der Waals surface area contributed by atoms with Crippen molar-refractivity contribution in [2.45, 2.75) is 25.8 Å². The molecule has 0 aliphatic heterocycles. The molecule has 1 aromatic carbocycles. The topological polar surface area (TPSA) is 37.8 Å². The van der Waals surface area contributed by atoms with E-state index in [0.29, 0.717) is 6.04 Å². The average Bonchev–Trinajstić information content (AvgIpc) is 2.83. The minimum absolute atomic E-state index is 0.476. The van der Waals surface area contributed by atoms with Crippen molar-refractivity contribution in [2.75, 3.05) is 5.32 Å². The van der Waals surface area contributed by atoms with Gasteiger partial charge in [0.15, 0.2) is 0 Å². The molecule has 0 spiro atoms. The van der Waals surface area contributed by atoms with E-state index < -0.39 is 0 Å². The lowest BCUT2D eigenvalue weighted by Gasteiger charge is -2.14. The third kappa shape index (κ3) is 2.00. The van der Waals surface area contributed by atoms with E-state index in [9.17, 15) is 0 Å². The first-order chi connectivity index (χ1) is 8.33. The van der Waals surface area contributed by atoms with Crippen LogP contribution < -0.4 is 5.32 Å². The maximum absolute atomic E-state index is 4.64. The van der Waals surface area contributed by atoms with Gasteiger partial charge in [0.05, 0.1) is 16.7 Å². The highest BCUT2D eigenvalue weighted by Gasteiger charge is 2.12. The molecule has 1 aromatic heterocycles. The standard InChI is InChI=1S/C14H15N3/c1-10-14(16-11-6-2-3-7-11)17-13-9-5-4-8-12(13)15-10/h2-5,8-9,11H,6-7H2,1H3,(H,16,17). The summed E-state index contributed by atoms with van der Waals surface area (Å²) in [6.45, 7) is 2.00. The second-order valence-electron chi connectivity index (χ2n) is 4.43. The van der Waals surface area contributed by atoms with Gasteiger partial charge in [0.2, 0.25) is 0 Å². The Labute approximate surface area is 101 Å². The lowest BCUT2D eigenvalue weighted by molar-refractivity contribution is 0.778. The van der Waals surface area contributed by atoms with Crippen molar-refractivity contribution in [1.29, 1.82) is 0 Å². The Morgan fingerprint density at radius 2 is 1.71 bits per heavy atom. The first-order valence-electron chi connectivity index (χ1n) is 5.98. The van der Waals surface area contributed by atoms with Crippen LogP contribution in [0, 0.1) is 6.92 Å². The number of benzene rings is 1. The van der Waals surface area contributed by atoms with Crippen LogP contribution in [0.25, 0.3) is 11.0 Å². The van der Waals surface area contributed by atoms with Crippen LogP contribution in [0.15, 0.2) is 36.4 Å². The van der Waals surface area contributed by atoms with E-state index in [4.69, 9.17) is 0 Å². The van der Waals surface area contributed by atoms with Gasteiger partial charge in [-0.15, -0.1) is 0 Å². The quantitative estimate of drug-likeness (QED) is 0.798. The van der Waals surface area contributed by atoms with Gasteiger partial charge in [0, 0.05) is 6.04 Å². The third-order valence-corrected chi connectivity index (χ3v) is 3.09. The van der Waals surface area contributed by atoms with E-state index in [1.54, 1.807) is 0 Å². The molecule has 2 aromatic rings. The molecule has 0 unspecified atom stereocenters. The zero-order valence-electron chi connectivity index (χ0n) is 9.85. The van der Waals surface area contributed by atoms with Crippen LogP contribution in [0.1, 0.15) is 18.5 Å². The predicted octanol–water partition coefficient (Wildman–Crippen LogP) is 3.07. The Hall–Kier alpha value is -1.90. The average molecular weight is 225 g/mol. The Bertz CT molecular complexity index is 567. The van der Waals surface area contributed by atoms with E-state index in [1.165, 1.54) is 0 Å². The van der Waals surface area contributed by atoms with Crippen molar-refractivity contribution >= 4 is 16.9 Å². The maximum Gasteiger partial charge on any atom is 0.148 e. The number of aromatic nitrogens is 2. The molecular formula is C14H15N3. The zero-order valence-corrected chi connectivity index (χ0v) is 9.85. The normalized spacial score (nSPS) is 15.6. The Morgan fingerprint density at radius 1 is 1.06 bits per heavy atom. The molecule has 0 saturated heterocycles. The summed E-state index contributed by atoms with van der Waals surface area (Å²) in [5, 5.41) is 3.47. The lowest BCUT2D eigenvalue weighted by atomic mass is 10.2. The number of fused-ring (bicyclic) bond motifs is 1. The summed E-state index contributed by atoms with van der Waals surface area (Å²) in [4.78, 5) is 9.21. The van der Waals surface area contributed by atoms with Crippen molar-refractivity contribution in [1.82, 2.24) is 9.97 Å². The van der Waals surface area contributed by atoms with Gasteiger partial charge in [-0.2, -0.15) is 0 Å². The van der Waals surface area contributed by atoms with Crippen LogP contribution in [-0.4, -0.2) is 16.0 Å². The molecular weight excluding hydrogens is 210 g/mol. The van der Waals surface area contributed by atoms with Gasteiger partial charge in [0.25, 0.3) is 0 Å². The molecule has 3 rings (SSSR count).